The lowest BCUT2D eigenvalue weighted by atomic mass is 10.2. The molecule has 0 aliphatic carbocycles. The van der Waals surface area contributed by atoms with Crippen molar-refractivity contribution in [1.82, 2.24) is 15.4 Å². The highest BCUT2D eigenvalue weighted by Crippen LogP contribution is 2.23. The average molecular weight is 395 g/mol. The first-order valence-corrected chi connectivity index (χ1v) is 8.47. The Kier molecular flexibility index (Phi) is 6.12. The van der Waals surface area contributed by atoms with E-state index in [-0.39, 0.29) is 17.4 Å². The van der Waals surface area contributed by atoms with Gasteiger partial charge in [0.25, 0.3) is 5.91 Å². The topological polar surface area (TPSA) is 87.5 Å². The molecular weight excluding hydrogens is 380 g/mol. The summed E-state index contributed by atoms with van der Waals surface area (Å²) >= 11 is 4.47. The first kappa shape index (κ1) is 17.4. The number of aryl methyl sites for hydroxylation is 2. The number of nitrogens with zero attached hydrogens (tertiary/aromatic N) is 3. The maximum atomic E-state index is 11.7. The van der Waals surface area contributed by atoms with Crippen LogP contribution in [-0.4, -0.2) is 32.9 Å². The fraction of sp³-hybridized carbons (Fsp3) is 0.200. The standard InChI is InChI=1S/C15H15BrN4O2S/c1-9-5-10(2)19-15(18-9)23-8-14(22)20-17-7-11-3-4-13(21)12(16)6-11/h3-7,21H,8H2,1-2H3,(H,20,22)/b17-7-. The van der Waals surface area contributed by atoms with E-state index in [2.05, 4.69) is 36.4 Å². The van der Waals surface area contributed by atoms with Gasteiger partial charge < -0.3 is 5.11 Å². The van der Waals surface area contributed by atoms with Gasteiger partial charge in [0, 0.05) is 11.4 Å². The molecule has 0 unspecified atom stereocenters. The minimum Gasteiger partial charge on any atom is -0.507 e. The van der Waals surface area contributed by atoms with Crippen LogP contribution in [0.5, 0.6) is 5.75 Å². The van der Waals surface area contributed by atoms with Crippen LogP contribution in [0.15, 0.2) is 39.0 Å². The first-order chi connectivity index (χ1) is 10.9. The van der Waals surface area contributed by atoms with Crippen LogP contribution in [0.4, 0.5) is 0 Å². The van der Waals surface area contributed by atoms with Gasteiger partial charge in [-0.05, 0) is 59.6 Å². The number of carbonyl (C=O) groups excluding carboxylic acids is 1. The highest BCUT2D eigenvalue weighted by Gasteiger charge is 2.05. The summed E-state index contributed by atoms with van der Waals surface area (Å²) in [5.41, 5.74) is 4.93. The third-order valence-corrected chi connectivity index (χ3v) is 4.15. The van der Waals surface area contributed by atoms with Gasteiger partial charge in [0.1, 0.15) is 5.75 Å². The predicted octanol–water partition coefficient (Wildman–Crippen LogP) is 2.80. The number of phenolic OH excluding ortho intramolecular Hbond substituents is 1. The van der Waals surface area contributed by atoms with Crippen molar-refractivity contribution < 1.29 is 9.90 Å². The van der Waals surface area contributed by atoms with E-state index in [1.807, 2.05) is 19.9 Å². The number of thioether (sulfide) groups is 1. The molecule has 1 amide bonds. The number of halogens is 1. The second-order valence-corrected chi connectivity index (χ2v) is 6.52. The molecule has 0 aliphatic heterocycles. The monoisotopic (exact) mass is 394 g/mol. The van der Waals surface area contributed by atoms with Crippen molar-refractivity contribution in [1.29, 1.82) is 0 Å². The maximum absolute atomic E-state index is 11.7. The fourth-order valence-corrected chi connectivity index (χ4v) is 2.84. The highest BCUT2D eigenvalue weighted by molar-refractivity contribution is 9.10. The summed E-state index contributed by atoms with van der Waals surface area (Å²) in [6.07, 6.45) is 1.50. The molecule has 1 aromatic carbocycles. The van der Waals surface area contributed by atoms with Gasteiger partial charge in [-0.15, -0.1) is 0 Å². The molecule has 6 nitrogen and oxygen atoms in total. The van der Waals surface area contributed by atoms with E-state index in [4.69, 9.17) is 0 Å². The second-order valence-electron chi connectivity index (χ2n) is 4.73. The fourth-order valence-electron chi connectivity index (χ4n) is 1.70. The van der Waals surface area contributed by atoms with Crippen molar-refractivity contribution in [2.75, 3.05) is 5.75 Å². The Morgan fingerprint density at radius 1 is 1.35 bits per heavy atom. The largest absolute Gasteiger partial charge is 0.507 e. The summed E-state index contributed by atoms with van der Waals surface area (Å²) in [7, 11) is 0. The molecule has 0 bridgehead atoms. The molecule has 1 aromatic heterocycles. The molecule has 2 rings (SSSR count). The molecule has 2 aromatic rings. The van der Waals surface area contributed by atoms with Gasteiger partial charge in [-0.3, -0.25) is 4.79 Å². The lowest BCUT2D eigenvalue weighted by Gasteiger charge is -2.02. The minimum atomic E-state index is -0.244. The lowest BCUT2D eigenvalue weighted by molar-refractivity contribution is -0.118. The van der Waals surface area contributed by atoms with Gasteiger partial charge in [0.2, 0.25) is 0 Å². The highest BCUT2D eigenvalue weighted by atomic mass is 79.9. The van der Waals surface area contributed by atoms with Crippen LogP contribution in [0.3, 0.4) is 0 Å². The van der Waals surface area contributed by atoms with E-state index in [0.717, 1.165) is 17.0 Å². The minimum absolute atomic E-state index is 0.149. The number of hydrogen-bond donors (Lipinski definition) is 2. The van der Waals surface area contributed by atoms with E-state index in [0.29, 0.717) is 9.63 Å². The molecule has 0 atom stereocenters. The zero-order valence-electron chi connectivity index (χ0n) is 12.6. The van der Waals surface area contributed by atoms with E-state index >= 15 is 0 Å². The Morgan fingerprint density at radius 2 is 2.04 bits per heavy atom. The van der Waals surface area contributed by atoms with Gasteiger partial charge in [-0.1, -0.05) is 11.8 Å². The Balaban J connectivity index is 1.85. The molecule has 0 spiro atoms. The quantitative estimate of drug-likeness (QED) is 0.352. The number of rotatable bonds is 5. The molecule has 0 saturated carbocycles. The molecule has 0 fully saturated rings. The predicted molar refractivity (Wildman–Crippen MR) is 93.8 cm³/mol. The number of hydrazone groups is 1. The number of aromatic hydroxyl groups is 1. The number of nitrogens with one attached hydrogen (secondary N) is 1. The molecule has 0 radical (unpaired) electrons. The first-order valence-electron chi connectivity index (χ1n) is 6.69. The molecule has 0 aliphatic rings. The molecule has 120 valence electrons. The third-order valence-electron chi connectivity index (χ3n) is 2.67. The van der Waals surface area contributed by atoms with Crippen LogP contribution < -0.4 is 5.43 Å². The number of aromatic nitrogens is 2. The van der Waals surface area contributed by atoms with Crippen LogP contribution in [0.2, 0.25) is 0 Å². The van der Waals surface area contributed by atoms with Crippen molar-refractivity contribution in [3.63, 3.8) is 0 Å². The number of hydrogen-bond acceptors (Lipinski definition) is 6. The van der Waals surface area contributed by atoms with Crippen LogP contribution in [-0.2, 0) is 4.79 Å². The number of phenols is 1. The smallest absolute Gasteiger partial charge is 0.250 e. The average Bonchev–Trinajstić information content (AvgIpc) is 2.48. The SMILES string of the molecule is Cc1cc(C)nc(SCC(=O)N/N=C\c2ccc(O)c(Br)c2)n1. The summed E-state index contributed by atoms with van der Waals surface area (Å²) in [6.45, 7) is 3.78. The second kappa shape index (κ2) is 8.07. The molecule has 1 heterocycles. The zero-order valence-corrected chi connectivity index (χ0v) is 15.0. The van der Waals surface area contributed by atoms with Crippen molar-refractivity contribution in [2.45, 2.75) is 19.0 Å². The number of amides is 1. The van der Waals surface area contributed by atoms with Gasteiger partial charge >= 0.3 is 0 Å². The lowest BCUT2D eigenvalue weighted by Crippen LogP contribution is -2.19. The zero-order chi connectivity index (χ0) is 16.8. The molecule has 8 heteroatoms. The molecule has 23 heavy (non-hydrogen) atoms. The molecular formula is C15H15BrN4O2S. The Hall–Kier alpha value is -1.93. The normalized spacial score (nSPS) is 10.9. The summed E-state index contributed by atoms with van der Waals surface area (Å²) in [5, 5.41) is 13.9. The maximum Gasteiger partial charge on any atom is 0.250 e. The summed E-state index contributed by atoms with van der Waals surface area (Å²) in [6, 6.07) is 6.81. The van der Waals surface area contributed by atoms with Crippen molar-refractivity contribution in [3.8, 4) is 5.75 Å². The van der Waals surface area contributed by atoms with Crippen LogP contribution >= 0.6 is 27.7 Å². The Labute approximate surface area is 146 Å². The van der Waals surface area contributed by atoms with E-state index in [1.54, 1.807) is 18.2 Å². The van der Waals surface area contributed by atoms with Crippen molar-refractivity contribution in [2.24, 2.45) is 5.10 Å². The summed E-state index contributed by atoms with van der Waals surface area (Å²) < 4.78 is 0.565. The van der Waals surface area contributed by atoms with Gasteiger partial charge in [-0.25, -0.2) is 15.4 Å². The summed E-state index contributed by atoms with van der Waals surface area (Å²) in [4.78, 5) is 20.3. The van der Waals surface area contributed by atoms with Crippen LogP contribution in [0, 0.1) is 13.8 Å². The summed E-state index contributed by atoms with van der Waals surface area (Å²) in [5.74, 6) is 0.0855. The van der Waals surface area contributed by atoms with Crippen LogP contribution in [0.1, 0.15) is 17.0 Å². The van der Waals surface area contributed by atoms with Gasteiger partial charge in [-0.2, -0.15) is 5.10 Å². The van der Waals surface area contributed by atoms with E-state index < -0.39 is 0 Å². The van der Waals surface area contributed by atoms with E-state index in [1.165, 1.54) is 18.0 Å². The van der Waals surface area contributed by atoms with Crippen molar-refractivity contribution >= 4 is 39.8 Å². The van der Waals surface area contributed by atoms with Gasteiger partial charge in [0.05, 0.1) is 16.4 Å². The molecule has 2 N–H and O–H groups in total. The third kappa shape index (κ3) is 5.65. The van der Waals surface area contributed by atoms with Gasteiger partial charge in [0.15, 0.2) is 5.16 Å². The van der Waals surface area contributed by atoms with Crippen LogP contribution in [0.25, 0.3) is 0 Å². The number of benzene rings is 1. The van der Waals surface area contributed by atoms with Crippen molar-refractivity contribution in [3.05, 3.63) is 45.7 Å². The molecule has 0 saturated heterocycles. The Bertz CT molecular complexity index is 732. The van der Waals surface area contributed by atoms with E-state index in [9.17, 15) is 9.90 Å². The number of carbonyl (C=O) groups is 1. The Morgan fingerprint density at radius 3 is 2.70 bits per heavy atom.